The van der Waals surface area contributed by atoms with Crippen molar-refractivity contribution in [2.24, 2.45) is 10.9 Å². The molecular weight excluding hydrogens is 134 g/mol. The highest BCUT2D eigenvalue weighted by Crippen LogP contribution is 2.24. The van der Waals surface area contributed by atoms with Gasteiger partial charge in [0.1, 0.15) is 0 Å². The van der Waals surface area contributed by atoms with Crippen molar-refractivity contribution in [3.05, 3.63) is 35.6 Å². The monoisotopic (exact) mass is 145 g/mol. The van der Waals surface area contributed by atoms with Crippen molar-refractivity contribution in [2.75, 3.05) is 0 Å². The summed E-state index contributed by atoms with van der Waals surface area (Å²) < 4.78 is 0. The molecule has 0 spiro atoms. The van der Waals surface area contributed by atoms with Gasteiger partial charge in [0.15, 0.2) is 0 Å². The topological polar surface area (TPSA) is 12.4 Å². The molecule has 0 N–H and O–H groups in total. The van der Waals surface area contributed by atoms with E-state index in [-0.39, 0.29) is 0 Å². The molecule has 0 aromatic rings. The van der Waals surface area contributed by atoms with Gasteiger partial charge in [-0.15, -0.1) is 0 Å². The largest absolute Gasteiger partial charge is 0.260 e. The number of aliphatic imine (C=N–C) groups is 1. The molecule has 1 heteroatoms. The Labute approximate surface area is 66.8 Å². The number of nitrogens with zero attached hydrogens (tertiary/aromatic N) is 1. The van der Waals surface area contributed by atoms with E-state index in [0.29, 0.717) is 5.92 Å². The van der Waals surface area contributed by atoms with Gasteiger partial charge in [0.05, 0.1) is 5.71 Å². The smallest absolute Gasteiger partial charge is 0.0540 e. The Bertz CT molecular complexity index is 303. The van der Waals surface area contributed by atoms with Crippen LogP contribution < -0.4 is 0 Å². The van der Waals surface area contributed by atoms with Crippen LogP contribution in [-0.2, 0) is 0 Å². The second-order valence-corrected chi connectivity index (χ2v) is 3.12. The quantitative estimate of drug-likeness (QED) is 0.496. The summed E-state index contributed by atoms with van der Waals surface area (Å²) in [4.78, 5) is 4.30. The van der Waals surface area contributed by atoms with Crippen LogP contribution in [0.25, 0.3) is 0 Å². The Morgan fingerprint density at radius 3 is 3.00 bits per heavy atom. The highest BCUT2D eigenvalue weighted by atomic mass is 14.7. The van der Waals surface area contributed by atoms with Crippen molar-refractivity contribution in [3.8, 4) is 0 Å². The van der Waals surface area contributed by atoms with E-state index in [1.807, 2.05) is 6.20 Å². The molecule has 0 aromatic carbocycles. The van der Waals surface area contributed by atoms with Gasteiger partial charge in [-0.1, -0.05) is 23.8 Å². The summed E-state index contributed by atoms with van der Waals surface area (Å²) in [6.07, 6.45) is 8.46. The van der Waals surface area contributed by atoms with Crippen LogP contribution in [0.5, 0.6) is 0 Å². The average Bonchev–Trinajstić information content (AvgIpc) is 2.34. The standard InChI is InChI=1S/C10H11N/c1-7-5-8(2)10-9(6-7)3-4-11-10/h3-6,9H,1-2H3/t9-/m1/s1. The summed E-state index contributed by atoms with van der Waals surface area (Å²) >= 11 is 0. The molecule has 0 aromatic heterocycles. The van der Waals surface area contributed by atoms with Gasteiger partial charge in [0.2, 0.25) is 0 Å². The van der Waals surface area contributed by atoms with Crippen LogP contribution in [0.1, 0.15) is 13.8 Å². The lowest BCUT2D eigenvalue weighted by Crippen LogP contribution is -2.12. The Morgan fingerprint density at radius 2 is 2.18 bits per heavy atom. The van der Waals surface area contributed by atoms with Crippen LogP contribution in [0.2, 0.25) is 0 Å². The van der Waals surface area contributed by atoms with Gasteiger partial charge in [-0.25, -0.2) is 0 Å². The lowest BCUT2D eigenvalue weighted by atomic mass is 9.91. The zero-order valence-corrected chi connectivity index (χ0v) is 6.83. The third-order valence-electron chi connectivity index (χ3n) is 2.11. The lowest BCUT2D eigenvalue weighted by molar-refractivity contribution is 1.11. The molecule has 0 saturated carbocycles. The van der Waals surface area contributed by atoms with E-state index in [9.17, 15) is 0 Å². The second kappa shape index (κ2) is 2.19. The fourth-order valence-electron chi connectivity index (χ4n) is 1.64. The zero-order chi connectivity index (χ0) is 7.84. The molecule has 1 aliphatic carbocycles. The van der Waals surface area contributed by atoms with Crippen LogP contribution in [0.15, 0.2) is 40.6 Å². The van der Waals surface area contributed by atoms with Crippen LogP contribution in [0, 0.1) is 5.92 Å². The highest BCUT2D eigenvalue weighted by molar-refractivity contribution is 6.06. The Morgan fingerprint density at radius 1 is 1.36 bits per heavy atom. The maximum atomic E-state index is 4.30. The first-order valence-corrected chi connectivity index (χ1v) is 3.89. The van der Waals surface area contributed by atoms with E-state index < -0.39 is 0 Å². The minimum Gasteiger partial charge on any atom is -0.260 e. The first-order chi connectivity index (χ1) is 5.27. The molecule has 1 nitrogen and oxygen atoms in total. The molecule has 0 unspecified atom stereocenters. The van der Waals surface area contributed by atoms with Crippen LogP contribution in [-0.4, -0.2) is 5.71 Å². The molecule has 1 heterocycles. The molecule has 0 bridgehead atoms. The maximum absolute atomic E-state index is 4.30. The molecule has 0 saturated heterocycles. The van der Waals surface area contributed by atoms with Gasteiger partial charge < -0.3 is 0 Å². The normalized spacial score (nSPS) is 27.5. The third kappa shape index (κ3) is 0.967. The summed E-state index contributed by atoms with van der Waals surface area (Å²) in [7, 11) is 0. The third-order valence-corrected chi connectivity index (χ3v) is 2.11. The van der Waals surface area contributed by atoms with Crippen molar-refractivity contribution in [3.63, 3.8) is 0 Å². The van der Waals surface area contributed by atoms with E-state index in [2.05, 4.69) is 37.1 Å². The minimum atomic E-state index is 0.458. The molecule has 1 atom stereocenters. The van der Waals surface area contributed by atoms with Gasteiger partial charge in [-0.2, -0.15) is 0 Å². The van der Waals surface area contributed by atoms with Gasteiger partial charge in [0, 0.05) is 12.1 Å². The number of fused-ring (bicyclic) bond motifs is 1. The number of allylic oxidation sites excluding steroid dienone is 5. The molecule has 2 aliphatic rings. The summed E-state index contributed by atoms with van der Waals surface area (Å²) in [6, 6.07) is 0. The SMILES string of the molecule is CC1=C[C@H]2C=CN=C2C(C)=C1. The van der Waals surface area contributed by atoms with E-state index in [0.717, 1.165) is 0 Å². The fraction of sp³-hybridized carbons (Fsp3) is 0.300. The van der Waals surface area contributed by atoms with E-state index in [1.165, 1.54) is 16.9 Å². The van der Waals surface area contributed by atoms with Gasteiger partial charge in [0.25, 0.3) is 0 Å². The molecule has 0 fully saturated rings. The van der Waals surface area contributed by atoms with Crippen molar-refractivity contribution in [1.29, 1.82) is 0 Å². The molecule has 0 radical (unpaired) electrons. The molecule has 2 rings (SSSR count). The first kappa shape index (κ1) is 6.59. The Balaban J connectivity index is 2.45. The summed E-state index contributed by atoms with van der Waals surface area (Å²) in [5, 5.41) is 0. The molecular formula is C10H11N. The highest BCUT2D eigenvalue weighted by Gasteiger charge is 2.18. The van der Waals surface area contributed by atoms with Gasteiger partial charge in [-0.3, -0.25) is 4.99 Å². The second-order valence-electron chi connectivity index (χ2n) is 3.12. The van der Waals surface area contributed by atoms with Crippen molar-refractivity contribution >= 4 is 5.71 Å². The van der Waals surface area contributed by atoms with Crippen molar-refractivity contribution in [1.82, 2.24) is 0 Å². The molecule has 56 valence electrons. The Hall–Kier alpha value is -1.11. The van der Waals surface area contributed by atoms with E-state index in [4.69, 9.17) is 0 Å². The molecule has 11 heavy (non-hydrogen) atoms. The van der Waals surface area contributed by atoms with Crippen LogP contribution in [0.3, 0.4) is 0 Å². The van der Waals surface area contributed by atoms with Gasteiger partial charge >= 0.3 is 0 Å². The van der Waals surface area contributed by atoms with E-state index in [1.54, 1.807) is 0 Å². The number of hydrogen-bond acceptors (Lipinski definition) is 1. The number of hydrogen-bond donors (Lipinski definition) is 0. The minimum absolute atomic E-state index is 0.458. The molecule has 1 aliphatic heterocycles. The van der Waals surface area contributed by atoms with E-state index >= 15 is 0 Å². The van der Waals surface area contributed by atoms with Crippen LogP contribution in [0.4, 0.5) is 0 Å². The first-order valence-electron chi connectivity index (χ1n) is 3.89. The predicted octanol–water partition coefficient (Wildman–Crippen LogP) is 2.48. The lowest BCUT2D eigenvalue weighted by Gasteiger charge is -2.14. The van der Waals surface area contributed by atoms with Crippen LogP contribution >= 0.6 is 0 Å². The average molecular weight is 145 g/mol. The number of rotatable bonds is 0. The van der Waals surface area contributed by atoms with Crippen molar-refractivity contribution < 1.29 is 0 Å². The summed E-state index contributed by atoms with van der Waals surface area (Å²) in [6.45, 7) is 4.25. The Kier molecular flexibility index (Phi) is 1.31. The van der Waals surface area contributed by atoms with Gasteiger partial charge in [-0.05, 0) is 19.4 Å². The predicted molar refractivity (Wildman–Crippen MR) is 47.6 cm³/mol. The van der Waals surface area contributed by atoms with Crippen molar-refractivity contribution in [2.45, 2.75) is 13.8 Å². The molecule has 0 amide bonds. The fourth-order valence-corrected chi connectivity index (χ4v) is 1.64. The summed E-state index contributed by atoms with van der Waals surface area (Å²) in [5.41, 5.74) is 3.87. The maximum Gasteiger partial charge on any atom is 0.0540 e. The zero-order valence-electron chi connectivity index (χ0n) is 6.83. The summed E-state index contributed by atoms with van der Waals surface area (Å²) in [5.74, 6) is 0.458.